The van der Waals surface area contributed by atoms with Crippen molar-refractivity contribution in [1.29, 1.82) is 0 Å². The molecule has 2 aromatic carbocycles. The molecule has 1 saturated heterocycles. The number of nitrogens with zero attached hydrogens (tertiary/aromatic N) is 2. The Morgan fingerprint density at radius 3 is 2.34 bits per heavy atom. The van der Waals surface area contributed by atoms with E-state index in [0.717, 1.165) is 17.7 Å². The van der Waals surface area contributed by atoms with Crippen LogP contribution in [-0.2, 0) is 11.2 Å². The van der Waals surface area contributed by atoms with E-state index < -0.39 is 0 Å². The summed E-state index contributed by atoms with van der Waals surface area (Å²) in [5.41, 5.74) is 2.98. The van der Waals surface area contributed by atoms with Gasteiger partial charge < -0.3 is 9.47 Å². The Kier molecular flexibility index (Phi) is 6.99. The molecular weight excluding hydrogens is 384 g/mol. The van der Waals surface area contributed by atoms with Gasteiger partial charge in [-0.15, -0.1) is 0 Å². The molecule has 1 amide bonds. The van der Waals surface area contributed by atoms with Crippen LogP contribution in [0.4, 0.5) is 5.69 Å². The molecule has 152 valence electrons. The molecular formula is C23H26N2O3S. The molecule has 0 unspecified atom stereocenters. The molecule has 5 nitrogen and oxygen atoms in total. The van der Waals surface area contributed by atoms with Crippen LogP contribution in [0.25, 0.3) is 6.08 Å². The number of amides is 1. The van der Waals surface area contributed by atoms with Gasteiger partial charge in [0.2, 0.25) is 0 Å². The maximum atomic E-state index is 12.7. The quantitative estimate of drug-likeness (QED) is 0.583. The van der Waals surface area contributed by atoms with E-state index in [9.17, 15) is 4.79 Å². The number of carbonyl (C=O) groups is 1. The van der Waals surface area contributed by atoms with Crippen molar-refractivity contribution in [2.75, 3.05) is 20.3 Å². The summed E-state index contributed by atoms with van der Waals surface area (Å²) in [5.74, 6) is 1.32. The molecule has 6 heteroatoms. The van der Waals surface area contributed by atoms with Crippen molar-refractivity contribution < 1.29 is 14.3 Å². The number of aryl methyl sites for hydroxylation is 1. The average molecular weight is 411 g/mol. The normalized spacial score (nSPS) is 16.7. The number of ether oxygens (including phenoxy) is 2. The Bertz CT molecular complexity index is 936. The summed E-state index contributed by atoms with van der Waals surface area (Å²) in [6, 6.07) is 13.8. The van der Waals surface area contributed by atoms with Crippen LogP contribution < -0.4 is 9.47 Å². The van der Waals surface area contributed by atoms with Gasteiger partial charge in [0.05, 0.1) is 23.8 Å². The van der Waals surface area contributed by atoms with Crippen molar-refractivity contribution >= 4 is 34.6 Å². The van der Waals surface area contributed by atoms with E-state index in [4.69, 9.17) is 9.47 Å². The lowest BCUT2D eigenvalue weighted by Crippen LogP contribution is -2.23. The molecule has 1 aliphatic heterocycles. The van der Waals surface area contributed by atoms with Gasteiger partial charge in [0.1, 0.15) is 0 Å². The molecule has 0 saturated carbocycles. The molecule has 0 N–H and O–H groups in total. The largest absolute Gasteiger partial charge is 0.490 e. The highest BCUT2D eigenvalue weighted by Crippen LogP contribution is 2.35. The second-order valence-electron chi connectivity index (χ2n) is 6.46. The number of thioether (sulfide) groups is 1. The Balaban J connectivity index is 1.85. The number of hydrogen-bond acceptors (Lipinski definition) is 5. The lowest BCUT2D eigenvalue weighted by atomic mass is 10.1. The monoisotopic (exact) mass is 410 g/mol. The van der Waals surface area contributed by atoms with E-state index in [2.05, 4.69) is 24.0 Å². The van der Waals surface area contributed by atoms with Crippen LogP contribution in [0.15, 0.2) is 52.4 Å². The van der Waals surface area contributed by atoms with E-state index in [0.29, 0.717) is 34.8 Å². The zero-order valence-electron chi connectivity index (χ0n) is 17.3. The van der Waals surface area contributed by atoms with Crippen LogP contribution in [0.3, 0.4) is 0 Å². The highest BCUT2D eigenvalue weighted by molar-refractivity contribution is 8.18. The van der Waals surface area contributed by atoms with E-state index >= 15 is 0 Å². The Labute approximate surface area is 176 Å². The number of carbonyl (C=O) groups excluding carboxylic acids is 1. The van der Waals surface area contributed by atoms with E-state index in [1.165, 1.54) is 17.3 Å². The zero-order chi connectivity index (χ0) is 20.8. The SMILES string of the molecule is CCOc1ccc(/C=C2\SC(=Nc3ccc(CC)cc3)N(C)C2=O)cc1OCC. The lowest BCUT2D eigenvalue weighted by Gasteiger charge is -2.11. The molecule has 0 aliphatic carbocycles. The summed E-state index contributed by atoms with van der Waals surface area (Å²) < 4.78 is 11.3. The third kappa shape index (κ3) is 5.01. The predicted octanol–water partition coefficient (Wildman–Crippen LogP) is 5.28. The smallest absolute Gasteiger partial charge is 0.266 e. The number of aliphatic imine (C=N–C) groups is 1. The number of amidine groups is 1. The standard InChI is InChI=1S/C23H26N2O3S/c1-5-16-8-11-18(12-9-16)24-23-25(4)22(26)21(29-23)15-17-10-13-19(27-6-2)20(14-17)28-7-3/h8-15H,5-7H2,1-4H3/b21-15-,24-23?. The van der Waals surface area contributed by atoms with E-state index in [1.807, 2.05) is 50.3 Å². The molecule has 1 fully saturated rings. The van der Waals surface area contributed by atoms with Gasteiger partial charge in [-0.2, -0.15) is 0 Å². The Hall–Kier alpha value is -2.73. The highest BCUT2D eigenvalue weighted by atomic mass is 32.2. The van der Waals surface area contributed by atoms with Gasteiger partial charge in [-0.25, -0.2) is 4.99 Å². The summed E-state index contributed by atoms with van der Waals surface area (Å²) in [4.78, 5) is 19.5. The maximum absolute atomic E-state index is 12.7. The maximum Gasteiger partial charge on any atom is 0.266 e. The molecule has 0 atom stereocenters. The molecule has 0 bridgehead atoms. The van der Waals surface area contributed by atoms with Crippen molar-refractivity contribution in [3.63, 3.8) is 0 Å². The zero-order valence-corrected chi connectivity index (χ0v) is 18.1. The van der Waals surface area contributed by atoms with Crippen molar-refractivity contribution in [3.8, 4) is 11.5 Å². The second-order valence-corrected chi connectivity index (χ2v) is 7.47. The number of rotatable bonds is 7. The van der Waals surface area contributed by atoms with Crippen LogP contribution in [0.5, 0.6) is 11.5 Å². The minimum atomic E-state index is -0.0641. The van der Waals surface area contributed by atoms with Gasteiger partial charge in [-0.1, -0.05) is 25.1 Å². The minimum Gasteiger partial charge on any atom is -0.490 e. The van der Waals surface area contributed by atoms with Crippen LogP contribution >= 0.6 is 11.8 Å². The van der Waals surface area contributed by atoms with E-state index in [-0.39, 0.29) is 5.91 Å². The fourth-order valence-electron chi connectivity index (χ4n) is 2.88. The number of benzene rings is 2. The third-order valence-corrected chi connectivity index (χ3v) is 5.50. The molecule has 1 heterocycles. The summed E-state index contributed by atoms with van der Waals surface area (Å²) in [6.07, 6.45) is 2.85. The first-order valence-corrected chi connectivity index (χ1v) is 10.6. The van der Waals surface area contributed by atoms with Gasteiger partial charge in [0.15, 0.2) is 16.7 Å². The van der Waals surface area contributed by atoms with Crippen LogP contribution in [0.2, 0.25) is 0 Å². The lowest BCUT2D eigenvalue weighted by molar-refractivity contribution is -0.121. The fraction of sp³-hybridized carbons (Fsp3) is 0.304. The van der Waals surface area contributed by atoms with Crippen molar-refractivity contribution in [2.45, 2.75) is 27.2 Å². The van der Waals surface area contributed by atoms with Crippen LogP contribution in [-0.4, -0.2) is 36.2 Å². The van der Waals surface area contributed by atoms with Crippen molar-refractivity contribution in [2.24, 2.45) is 4.99 Å². The number of likely N-dealkylation sites (N-methyl/N-ethyl adjacent to an activating group) is 1. The third-order valence-electron chi connectivity index (χ3n) is 4.44. The highest BCUT2D eigenvalue weighted by Gasteiger charge is 2.30. The number of hydrogen-bond donors (Lipinski definition) is 0. The molecule has 29 heavy (non-hydrogen) atoms. The van der Waals surface area contributed by atoms with Gasteiger partial charge in [0, 0.05) is 7.05 Å². The summed E-state index contributed by atoms with van der Waals surface area (Å²) >= 11 is 1.38. The summed E-state index contributed by atoms with van der Waals surface area (Å²) in [6.45, 7) is 7.10. The van der Waals surface area contributed by atoms with Gasteiger partial charge in [0.25, 0.3) is 5.91 Å². The summed E-state index contributed by atoms with van der Waals surface area (Å²) in [5, 5.41) is 0.668. The first-order valence-electron chi connectivity index (χ1n) is 9.80. The Morgan fingerprint density at radius 2 is 1.69 bits per heavy atom. The molecule has 3 rings (SSSR count). The fourth-order valence-corrected chi connectivity index (χ4v) is 3.86. The molecule has 2 aromatic rings. The molecule has 0 spiro atoms. The van der Waals surface area contributed by atoms with E-state index in [1.54, 1.807) is 11.9 Å². The Morgan fingerprint density at radius 1 is 1.00 bits per heavy atom. The van der Waals surface area contributed by atoms with Gasteiger partial charge in [-0.3, -0.25) is 9.69 Å². The molecule has 1 aliphatic rings. The minimum absolute atomic E-state index is 0.0641. The molecule has 0 aromatic heterocycles. The molecule has 0 radical (unpaired) electrons. The first kappa shape index (κ1) is 21.0. The topological polar surface area (TPSA) is 51.1 Å². The average Bonchev–Trinajstić information content (AvgIpc) is 2.98. The van der Waals surface area contributed by atoms with Gasteiger partial charge in [-0.05, 0) is 73.5 Å². The first-order chi connectivity index (χ1) is 14.0. The second kappa shape index (κ2) is 9.65. The van der Waals surface area contributed by atoms with Crippen LogP contribution in [0, 0.1) is 0 Å². The van der Waals surface area contributed by atoms with Crippen molar-refractivity contribution in [1.82, 2.24) is 4.90 Å². The van der Waals surface area contributed by atoms with Crippen LogP contribution in [0.1, 0.15) is 31.9 Å². The summed E-state index contributed by atoms with van der Waals surface area (Å²) in [7, 11) is 1.75. The predicted molar refractivity (Wildman–Crippen MR) is 120 cm³/mol. The van der Waals surface area contributed by atoms with Gasteiger partial charge >= 0.3 is 0 Å². The van der Waals surface area contributed by atoms with Crippen molar-refractivity contribution in [3.05, 3.63) is 58.5 Å².